The van der Waals surface area contributed by atoms with Crippen LogP contribution in [0.3, 0.4) is 0 Å². The molecule has 1 aromatic rings. The number of aromatic nitrogens is 2. The molecule has 0 radical (unpaired) electrons. The van der Waals surface area contributed by atoms with Crippen molar-refractivity contribution < 1.29 is 4.79 Å². The van der Waals surface area contributed by atoms with Crippen LogP contribution in [0.15, 0.2) is 12.4 Å². The molecule has 0 aliphatic rings. The quantitative estimate of drug-likeness (QED) is 0.726. The first-order valence-electron chi connectivity index (χ1n) is 5.08. The normalized spacial score (nSPS) is 10.4. The van der Waals surface area contributed by atoms with E-state index in [0.29, 0.717) is 18.3 Å². The summed E-state index contributed by atoms with van der Waals surface area (Å²) in [5, 5.41) is 2.81. The zero-order chi connectivity index (χ0) is 12.1. The van der Waals surface area contributed by atoms with Crippen LogP contribution in [0.1, 0.15) is 19.7 Å². The van der Waals surface area contributed by atoms with Crippen LogP contribution < -0.4 is 11.1 Å². The fourth-order valence-electron chi connectivity index (χ4n) is 1.19. The third kappa shape index (κ3) is 3.62. The molecular formula is C10H16N4OS. The van der Waals surface area contributed by atoms with Gasteiger partial charge in [0.15, 0.2) is 5.82 Å². The summed E-state index contributed by atoms with van der Waals surface area (Å²) in [5.41, 5.74) is 5.47. The second-order valence-corrected chi connectivity index (χ2v) is 4.38. The predicted octanol–water partition coefficient (Wildman–Crippen LogP) is 0.289. The third-order valence-electron chi connectivity index (χ3n) is 1.96. The van der Waals surface area contributed by atoms with Crippen molar-refractivity contribution in [1.29, 1.82) is 0 Å². The molecule has 3 N–H and O–H groups in total. The molecule has 0 aliphatic carbocycles. The van der Waals surface area contributed by atoms with Gasteiger partial charge in [0.1, 0.15) is 11.5 Å². The highest BCUT2D eigenvalue weighted by atomic mass is 32.1. The highest BCUT2D eigenvalue weighted by molar-refractivity contribution is 7.80. The number of amides is 1. The minimum absolute atomic E-state index is 0.0656. The van der Waals surface area contributed by atoms with Crippen molar-refractivity contribution in [3.63, 3.8) is 0 Å². The summed E-state index contributed by atoms with van der Waals surface area (Å²) in [5.74, 6) is 0.834. The van der Waals surface area contributed by atoms with Gasteiger partial charge in [-0.15, -0.1) is 0 Å². The van der Waals surface area contributed by atoms with Gasteiger partial charge in [-0.25, -0.2) is 4.98 Å². The standard InChI is InChI=1S/C10H16N4OS/c1-7(2)5-13-8(15)6-14-4-3-12-10(14)9(11)16/h3-4,7H,5-6H2,1-2H3,(H2,11,16)(H,13,15). The molecule has 5 nitrogen and oxygen atoms in total. The molecule has 0 atom stereocenters. The number of nitrogens with one attached hydrogen (secondary N) is 1. The highest BCUT2D eigenvalue weighted by Gasteiger charge is 2.09. The number of thiocarbonyl (C=S) groups is 1. The molecule has 1 rings (SSSR count). The van der Waals surface area contributed by atoms with E-state index < -0.39 is 0 Å². The fourth-order valence-corrected chi connectivity index (χ4v) is 1.36. The van der Waals surface area contributed by atoms with Gasteiger partial charge in [-0.05, 0) is 5.92 Å². The lowest BCUT2D eigenvalue weighted by Gasteiger charge is -2.09. The van der Waals surface area contributed by atoms with Crippen LogP contribution in [0, 0.1) is 5.92 Å². The molecule has 0 unspecified atom stereocenters. The number of carbonyl (C=O) groups is 1. The van der Waals surface area contributed by atoms with Crippen LogP contribution in [0.25, 0.3) is 0 Å². The molecule has 0 saturated carbocycles. The van der Waals surface area contributed by atoms with Crippen LogP contribution in [0.2, 0.25) is 0 Å². The molecule has 0 fully saturated rings. The molecule has 0 aliphatic heterocycles. The predicted molar refractivity (Wildman–Crippen MR) is 66.0 cm³/mol. The molecule has 1 amide bonds. The molecular weight excluding hydrogens is 224 g/mol. The van der Waals surface area contributed by atoms with Crippen LogP contribution >= 0.6 is 12.2 Å². The topological polar surface area (TPSA) is 72.9 Å². The van der Waals surface area contributed by atoms with Crippen LogP contribution in [0.4, 0.5) is 0 Å². The van der Waals surface area contributed by atoms with E-state index in [1.807, 2.05) is 13.8 Å². The lowest BCUT2D eigenvalue weighted by molar-refractivity contribution is -0.121. The Morgan fingerprint density at radius 2 is 2.38 bits per heavy atom. The number of rotatable bonds is 5. The summed E-state index contributed by atoms with van der Waals surface area (Å²) >= 11 is 4.83. The second-order valence-electron chi connectivity index (χ2n) is 3.94. The highest BCUT2D eigenvalue weighted by Crippen LogP contribution is 1.97. The van der Waals surface area contributed by atoms with Gasteiger partial charge in [0.2, 0.25) is 5.91 Å². The average Bonchev–Trinajstić information content (AvgIpc) is 2.62. The monoisotopic (exact) mass is 240 g/mol. The number of hydrogen-bond acceptors (Lipinski definition) is 3. The Balaban J connectivity index is 2.56. The molecule has 88 valence electrons. The van der Waals surface area contributed by atoms with Crippen molar-refractivity contribution >= 4 is 23.1 Å². The Labute approximate surface area is 100 Å². The first kappa shape index (κ1) is 12.6. The number of imidazole rings is 1. The van der Waals surface area contributed by atoms with Crippen molar-refractivity contribution in [1.82, 2.24) is 14.9 Å². The Bertz CT molecular complexity index is 386. The number of nitrogens with zero attached hydrogens (tertiary/aromatic N) is 2. The smallest absolute Gasteiger partial charge is 0.240 e. The van der Waals surface area contributed by atoms with Crippen molar-refractivity contribution in [2.75, 3.05) is 6.54 Å². The zero-order valence-electron chi connectivity index (χ0n) is 9.43. The Morgan fingerprint density at radius 3 is 2.94 bits per heavy atom. The summed E-state index contributed by atoms with van der Waals surface area (Å²) in [6.45, 7) is 4.94. The molecule has 6 heteroatoms. The molecule has 1 aromatic heterocycles. The maximum Gasteiger partial charge on any atom is 0.240 e. The van der Waals surface area contributed by atoms with Gasteiger partial charge < -0.3 is 15.6 Å². The maximum atomic E-state index is 11.5. The Morgan fingerprint density at radius 1 is 1.69 bits per heavy atom. The first-order valence-corrected chi connectivity index (χ1v) is 5.49. The van der Waals surface area contributed by atoms with E-state index in [1.165, 1.54) is 0 Å². The summed E-state index contributed by atoms with van der Waals surface area (Å²) in [6.07, 6.45) is 3.26. The number of nitrogens with two attached hydrogens (primary N) is 1. The van der Waals surface area contributed by atoms with Gasteiger partial charge >= 0.3 is 0 Å². The van der Waals surface area contributed by atoms with E-state index in [2.05, 4.69) is 10.3 Å². The van der Waals surface area contributed by atoms with E-state index in [9.17, 15) is 4.79 Å². The SMILES string of the molecule is CC(C)CNC(=O)Cn1ccnc1C(N)=S. The van der Waals surface area contributed by atoms with Crippen molar-refractivity contribution in [2.24, 2.45) is 11.7 Å². The minimum atomic E-state index is -0.0656. The molecule has 1 heterocycles. The van der Waals surface area contributed by atoms with Gasteiger partial charge in [-0.1, -0.05) is 26.1 Å². The van der Waals surface area contributed by atoms with E-state index in [0.717, 1.165) is 0 Å². The summed E-state index contributed by atoms with van der Waals surface area (Å²) in [4.78, 5) is 15.7. The van der Waals surface area contributed by atoms with Crippen LogP contribution in [-0.2, 0) is 11.3 Å². The maximum absolute atomic E-state index is 11.5. The Hall–Kier alpha value is -1.43. The van der Waals surface area contributed by atoms with E-state index in [-0.39, 0.29) is 17.4 Å². The summed E-state index contributed by atoms with van der Waals surface area (Å²) in [7, 11) is 0. The zero-order valence-corrected chi connectivity index (χ0v) is 10.3. The van der Waals surface area contributed by atoms with E-state index in [1.54, 1.807) is 17.0 Å². The lowest BCUT2D eigenvalue weighted by atomic mass is 10.2. The van der Waals surface area contributed by atoms with Crippen molar-refractivity contribution in [2.45, 2.75) is 20.4 Å². The van der Waals surface area contributed by atoms with Crippen molar-refractivity contribution in [3.8, 4) is 0 Å². The summed E-state index contributed by atoms with van der Waals surface area (Å²) < 4.78 is 1.64. The van der Waals surface area contributed by atoms with Gasteiger partial charge in [0.05, 0.1) is 0 Å². The van der Waals surface area contributed by atoms with Gasteiger partial charge in [-0.2, -0.15) is 0 Å². The van der Waals surface area contributed by atoms with Crippen LogP contribution in [0.5, 0.6) is 0 Å². The summed E-state index contributed by atoms with van der Waals surface area (Å²) in [6, 6.07) is 0. The number of hydrogen-bond donors (Lipinski definition) is 2. The minimum Gasteiger partial charge on any atom is -0.387 e. The fraction of sp³-hybridized carbons (Fsp3) is 0.500. The average molecular weight is 240 g/mol. The van der Waals surface area contributed by atoms with Gasteiger partial charge in [-0.3, -0.25) is 4.79 Å². The van der Waals surface area contributed by atoms with Gasteiger partial charge in [0, 0.05) is 18.9 Å². The molecule has 0 saturated heterocycles. The largest absolute Gasteiger partial charge is 0.387 e. The lowest BCUT2D eigenvalue weighted by Crippen LogP contribution is -2.31. The van der Waals surface area contributed by atoms with Crippen LogP contribution in [-0.4, -0.2) is 27.0 Å². The van der Waals surface area contributed by atoms with Gasteiger partial charge in [0.25, 0.3) is 0 Å². The molecule has 0 spiro atoms. The van der Waals surface area contributed by atoms with E-state index in [4.69, 9.17) is 18.0 Å². The van der Waals surface area contributed by atoms with E-state index >= 15 is 0 Å². The number of carbonyl (C=O) groups excluding carboxylic acids is 1. The second kappa shape index (κ2) is 5.60. The Kier molecular flexibility index (Phi) is 4.42. The first-order chi connectivity index (χ1) is 7.50. The molecule has 16 heavy (non-hydrogen) atoms. The molecule has 0 bridgehead atoms. The third-order valence-corrected chi connectivity index (χ3v) is 2.14. The molecule has 0 aromatic carbocycles. The van der Waals surface area contributed by atoms with Crippen molar-refractivity contribution in [3.05, 3.63) is 18.2 Å².